The van der Waals surface area contributed by atoms with Crippen LogP contribution in [0.15, 0.2) is 30.5 Å². The van der Waals surface area contributed by atoms with Gasteiger partial charge < -0.3 is 15.0 Å². The molecule has 1 aliphatic heterocycles. The summed E-state index contributed by atoms with van der Waals surface area (Å²) in [6, 6.07) is 8.17. The highest BCUT2D eigenvalue weighted by atomic mass is 16.5. The van der Waals surface area contributed by atoms with Gasteiger partial charge in [0.2, 0.25) is 0 Å². The Morgan fingerprint density at radius 3 is 3.22 bits per heavy atom. The molecule has 0 spiro atoms. The molecular weight excluding hydrogens is 292 g/mol. The molecule has 0 atom stereocenters. The van der Waals surface area contributed by atoms with Crippen LogP contribution in [0.3, 0.4) is 0 Å². The van der Waals surface area contributed by atoms with Crippen LogP contribution in [0.1, 0.15) is 27.3 Å². The third kappa shape index (κ3) is 2.61. The van der Waals surface area contributed by atoms with Gasteiger partial charge in [0.1, 0.15) is 0 Å². The van der Waals surface area contributed by atoms with E-state index in [0.717, 1.165) is 29.6 Å². The van der Waals surface area contributed by atoms with Gasteiger partial charge in [0.25, 0.3) is 5.91 Å². The first-order valence-electron chi connectivity index (χ1n) is 7.80. The van der Waals surface area contributed by atoms with Crippen LogP contribution in [0, 0.1) is 0 Å². The largest absolute Gasteiger partial charge is 0.376 e. The molecular formula is C17H18N4O2. The van der Waals surface area contributed by atoms with Crippen molar-refractivity contribution < 1.29 is 9.53 Å². The molecule has 4 rings (SSSR count). The van der Waals surface area contributed by atoms with Crippen molar-refractivity contribution in [3.63, 3.8) is 0 Å². The van der Waals surface area contributed by atoms with Gasteiger partial charge in [-0.2, -0.15) is 5.10 Å². The van der Waals surface area contributed by atoms with Crippen LogP contribution in [0.5, 0.6) is 0 Å². The first kappa shape index (κ1) is 14.0. The molecule has 1 amide bonds. The number of aromatic amines is 2. The van der Waals surface area contributed by atoms with Crippen LogP contribution in [-0.2, 0) is 24.2 Å². The number of para-hydroxylation sites is 1. The quantitative estimate of drug-likeness (QED) is 0.688. The van der Waals surface area contributed by atoms with Crippen molar-refractivity contribution in [3.8, 4) is 0 Å². The van der Waals surface area contributed by atoms with E-state index < -0.39 is 0 Å². The molecule has 0 radical (unpaired) electrons. The topological polar surface area (TPSA) is 82.8 Å². The summed E-state index contributed by atoms with van der Waals surface area (Å²) in [5.41, 5.74) is 4.68. The molecule has 3 heterocycles. The van der Waals surface area contributed by atoms with Crippen LogP contribution in [0.2, 0.25) is 0 Å². The number of hydrogen-bond donors (Lipinski definition) is 3. The standard InChI is InChI=1S/C17H18N4O2/c22-17(16-13-10-23-8-6-15(13)20-21-16)18-7-5-11-9-19-14-4-2-1-3-12(11)14/h1-4,9,19H,5-8,10H2,(H,18,22)(H,20,21). The van der Waals surface area contributed by atoms with Crippen molar-refractivity contribution in [1.82, 2.24) is 20.5 Å². The predicted molar refractivity (Wildman–Crippen MR) is 86.3 cm³/mol. The van der Waals surface area contributed by atoms with Gasteiger partial charge >= 0.3 is 0 Å². The molecule has 2 aromatic heterocycles. The number of amides is 1. The van der Waals surface area contributed by atoms with Gasteiger partial charge in [-0.05, 0) is 18.1 Å². The number of nitrogens with zero attached hydrogens (tertiary/aromatic N) is 1. The summed E-state index contributed by atoms with van der Waals surface area (Å²) in [6.45, 7) is 1.71. The minimum atomic E-state index is -0.146. The average Bonchev–Trinajstić information content (AvgIpc) is 3.19. The summed E-state index contributed by atoms with van der Waals surface area (Å²) in [4.78, 5) is 15.6. The second kappa shape index (κ2) is 5.89. The lowest BCUT2D eigenvalue weighted by atomic mass is 10.1. The average molecular weight is 310 g/mol. The van der Waals surface area contributed by atoms with Crippen molar-refractivity contribution >= 4 is 16.8 Å². The number of fused-ring (bicyclic) bond motifs is 2. The number of hydrogen-bond acceptors (Lipinski definition) is 3. The number of carbonyl (C=O) groups excluding carboxylic acids is 1. The highest BCUT2D eigenvalue weighted by molar-refractivity contribution is 5.94. The van der Waals surface area contributed by atoms with E-state index in [1.165, 1.54) is 10.9 Å². The van der Waals surface area contributed by atoms with Crippen LogP contribution < -0.4 is 5.32 Å². The van der Waals surface area contributed by atoms with Crippen LogP contribution in [0.4, 0.5) is 0 Å². The first-order chi connectivity index (χ1) is 11.3. The number of benzene rings is 1. The maximum atomic E-state index is 12.3. The third-order valence-electron chi connectivity index (χ3n) is 4.27. The van der Waals surface area contributed by atoms with Crippen molar-refractivity contribution in [2.45, 2.75) is 19.4 Å². The van der Waals surface area contributed by atoms with Gasteiger partial charge in [-0.25, -0.2) is 0 Å². The Kier molecular flexibility index (Phi) is 3.59. The summed E-state index contributed by atoms with van der Waals surface area (Å²) in [6.07, 6.45) is 3.56. The minimum absolute atomic E-state index is 0.146. The Labute approximate surface area is 133 Å². The number of carbonyl (C=O) groups is 1. The molecule has 0 saturated heterocycles. The van der Waals surface area contributed by atoms with E-state index in [2.05, 4.69) is 26.6 Å². The van der Waals surface area contributed by atoms with E-state index in [0.29, 0.717) is 25.5 Å². The zero-order chi connectivity index (χ0) is 15.6. The van der Waals surface area contributed by atoms with E-state index in [1.54, 1.807) is 0 Å². The Hall–Kier alpha value is -2.60. The molecule has 6 nitrogen and oxygen atoms in total. The number of aromatic nitrogens is 3. The van der Waals surface area contributed by atoms with Crippen molar-refractivity contribution in [3.05, 3.63) is 53.0 Å². The number of H-pyrrole nitrogens is 2. The van der Waals surface area contributed by atoms with Gasteiger partial charge in [-0.3, -0.25) is 9.89 Å². The highest BCUT2D eigenvalue weighted by Crippen LogP contribution is 2.19. The fourth-order valence-corrected chi connectivity index (χ4v) is 3.03. The molecule has 0 fully saturated rings. The van der Waals surface area contributed by atoms with Gasteiger partial charge in [0.05, 0.1) is 13.2 Å². The van der Waals surface area contributed by atoms with E-state index in [9.17, 15) is 4.79 Å². The summed E-state index contributed by atoms with van der Waals surface area (Å²) in [5.74, 6) is -0.146. The van der Waals surface area contributed by atoms with Gasteiger partial charge in [0, 0.05) is 41.3 Å². The van der Waals surface area contributed by atoms with E-state index in [1.807, 2.05) is 24.4 Å². The van der Waals surface area contributed by atoms with Crippen LogP contribution in [-0.4, -0.2) is 34.2 Å². The Morgan fingerprint density at radius 2 is 2.26 bits per heavy atom. The second-order valence-electron chi connectivity index (χ2n) is 5.70. The van der Waals surface area contributed by atoms with Gasteiger partial charge in [-0.1, -0.05) is 18.2 Å². The summed E-state index contributed by atoms with van der Waals surface area (Å²) < 4.78 is 5.41. The zero-order valence-corrected chi connectivity index (χ0v) is 12.7. The SMILES string of the molecule is O=C(NCCc1c[nH]c2ccccc12)c1n[nH]c2c1COCC2. The monoisotopic (exact) mass is 310 g/mol. The molecule has 3 N–H and O–H groups in total. The maximum absolute atomic E-state index is 12.3. The summed E-state index contributed by atoms with van der Waals surface area (Å²) in [7, 11) is 0. The number of nitrogens with one attached hydrogen (secondary N) is 3. The molecule has 0 saturated carbocycles. The molecule has 0 aliphatic carbocycles. The molecule has 0 bridgehead atoms. The lowest BCUT2D eigenvalue weighted by Gasteiger charge is -2.12. The van der Waals surface area contributed by atoms with Crippen molar-refractivity contribution in [2.24, 2.45) is 0 Å². The molecule has 3 aromatic rings. The molecule has 118 valence electrons. The predicted octanol–water partition coefficient (Wildman–Crippen LogP) is 1.94. The van der Waals surface area contributed by atoms with Crippen LogP contribution in [0.25, 0.3) is 10.9 Å². The van der Waals surface area contributed by atoms with Gasteiger partial charge in [-0.15, -0.1) is 0 Å². The molecule has 6 heteroatoms. The van der Waals surface area contributed by atoms with Crippen molar-refractivity contribution in [2.75, 3.05) is 13.2 Å². The number of ether oxygens (including phenoxy) is 1. The van der Waals surface area contributed by atoms with Gasteiger partial charge in [0.15, 0.2) is 5.69 Å². The normalized spacial score (nSPS) is 13.9. The fourth-order valence-electron chi connectivity index (χ4n) is 3.03. The second-order valence-corrected chi connectivity index (χ2v) is 5.70. The Bertz CT molecular complexity index is 849. The van der Waals surface area contributed by atoms with Crippen LogP contribution >= 0.6 is 0 Å². The molecule has 1 aliphatic rings. The van der Waals surface area contributed by atoms with E-state index >= 15 is 0 Å². The molecule has 23 heavy (non-hydrogen) atoms. The lowest BCUT2D eigenvalue weighted by molar-refractivity contribution is 0.0925. The number of rotatable bonds is 4. The summed E-state index contributed by atoms with van der Waals surface area (Å²) in [5, 5.41) is 11.2. The Balaban J connectivity index is 1.41. The smallest absolute Gasteiger partial charge is 0.272 e. The minimum Gasteiger partial charge on any atom is -0.376 e. The lowest BCUT2D eigenvalue weighted by Crippen LogP contribution is -2.27. The highest BCUT2D eigenvalue weighted by Gasteiger charge is 2.21. The van der Waals surface area contributed by atoms with Crippen molar-refractivity contribution in [1.29, 1.82) is 0 Å². The first-order valence-corrected chi connectivity index (χ1v) is 7.80. The fraction of sp³-hybridized carbons (Fsp3) is 0.294. The van der Waals surface area contributed by atoms with E-state index in [-0.39, 0.29) is 5.91 Å². The third-order valence-corrected chi connectivity index (χ3v) is 4.27. The van der Waals surface area contributed by atoms with E-state index in [4.69, 9.17) is 4.74 Å². The molecule has 1 aromatic carbocycles. The zero-order valence-electron chi connectivity index (χ0n) is 12.7. The molecule has 0 unspecified atom stereocenters. The maximum Gasteiger partial charge on any atom is 0.272 e. The Morgan fingerprint density at radius 1 is 1.35 bits per heavy atom. The summed E-state index contributed by atoms with van der Waals surface area (Å²) >= 11 is 0.